The molecule has 7 heteroatoms. The van der Waals surface area contributed by atoms with Crippen molar-refractivity contribution < 1.29 is 23.8 Å². The van der Waals surface area contributed by atoms with Crippen LogP contribution in [0.25, 0.3) is 0 Å². The number of benzene rings is 4. The van der Waals surface area contributed by atoms with Crippen molar-refractivity contribution in [2.24, 2.45) is 0 Å². The average Bonchev–Trinajstić information content (AvgIpc) is 3.19. The molecule has 4 aromatic carbocycles. The van der Waals surface area contributed by atoms with Gasteiger partial charge >= 0.3 is 0 Å². The maximum atomic E-state index is 14.3. The first-order chi connectivity index (χ1) is 20.5. The van der Waals surface area contributed by atoms with E-state index in [-0.39, 0.29) is 17.6 Å². The third-order valence-corrected chi connectivity index (χ3v) is 8.04. The Kier molecular flexibility index (Phi) is 7.40. The molecule has 1 aliphatic heterocycles. The van der Waals surface area contributed by atoms with Gasteiger partial charge in [-0.15, -0.1) is 0 Å². The number of ketones is 1. The number of fused-ring (bicyclic) bond motifs is 1. The van der Waals surface area contributed by atoms with Crippen LogP contribution in [0.4, 0.5) is 11.4 Å². The Morgan fingerprint density at radius 2 is 1.45 bits per heavy atom. The smallest absolute Gasteiger partial charge is 0.259 e. The number of Topliss-reactive ketones (excluding diaryl/α,β-unsaturated/α-hetero) is 1. The lowest BCUT2D eigenvalue weighted by Crippen LogP contribution is -2.38. The molecular weight excluding hydrogens is 528 g/mol. The number of nitrogens with zero attached hydrogens (tertiary/aromatic N) is 1. The minimum Gasteiger partial charge on any atom is -0.497 e. The molecule has 2 atom stereocenters. The third kappa shape index (κ3) is 4.87. The third-order valence-electron chi connectivity index (χ3n) is 8.04. The Balaban J connectivity index is 1.52. The normalized spacial score (nSPS) is 17.9. The molecule has 7 nitrogen and oxygen atoms in total. The highest BCUT2D eigenvalue weighted by Crippen LogP contribution is 2.48. The van der Waals surface area contributed by atoms with E-state index in [0.717, 1.165) is 22.5 Å². The van der Waals surface area contributed by atoms with Gasteiger partial charge in [0.2, 0.25) is 0 Å². The lowest BCUT2D eigenvalue weighted by molar-refractivity contribution is -0.116. The van der Waals surface area contributed by atoms with Gasteiger partial charge in [0.15, 0.2) is 17.3 Å². The van der Waals surface area contributed by atoms with E-state index in [2.05, 4.69) is 5.32 Å². The van der Waals surface area contributed by atoms with Gasteiger partial charge in [0, 0.05) is 23.3 Å². The molecule has 1 heterocycles. The zero-order valence-corrected chi connectivity index (χ0v) is 23.8. The summed E-state index contributed by atoms with van der Waals surface area (Å²) in [5, 5.41) is 3.59. The van der Waals surface area contributed by atoms with E-state index >= 15 is 0 Å². The highest BCUT2D eigenvalue weighted by atomic mass is 16.5. The summed E-state index contributed by atoms with van der Waals surface area (Å²) in [6, 6.07) is 29.7. The van der Waals surface area contributed by atoms with Crippen LogP contribution in [-0.4, -0.2) is 33.0 Å². The predicted molar refractivity (Wildman–Crippen MR) is 163 cm³/mol. The standard InChI is InChI=1S/C35H32N2O5/c1-40-26-16-13-22(14-17-26)34-33-28(19-25(20-30(33)38)24-15-18-31(41-2)32(21-24)42-3)36-27-11-7-8-12-29(27)37(34)35(39)23-9-5-4-6-10-23/h4-18,21,25,34,36H,19-20H2,1-3H3/t25-,34+/m0/s1. The summed E-state index contributed by atoms with van der Waals surface area (Å²) in [5.41, 5.74) is 5.23. The number of para-hydroxylation sites is 2. The number of hydrogen-bond acceptors (Lipinski definition) is 6. The molecule has 1 amide bonds. The topological polar surface area (TPSA) is 77.1 Å². The van der Waals surface area contributed by atoms with E-state index in [1.165, 1.54) is 0 Å². The molecule has 4 aromatic rings. The molecule has 0 unspecified atom stereocenters. The number of rotatable bonds is 6. The van der Waals surface area contributed by atoms with E-state index in [0.29, 0.717) is 46.9 Å². The summed E-state index contributed by atoms with van der Waals surface area (Å²) in [4.78, 5) is 30.4. The largest absolute Gasteiger partial charge is 0.497 e. The van der Waals surface area contributed by atoms with Crippen LogP contribution in [-0.2, 0) is 4.79 Å². The van der Waals surface area contributed by atoms with Gasteiger partial charge in [-0.05, 0) is 72.0 Å². The van der Waals surface area contributed by atoms with Crippen molar-refractivity contribution in [1.82, 2.24) is 0 Å². The minimum atomic E-state index is -0.645. The number of anilines is 2. The van der Waals surface area contributed by atoms with E-state index < -0.39 is 6.04 Å². The summed E-state index contributed by atoms with van der Waals surface area (Å²) < 4.78 is 16.4. The van der Waals surface area contributed by atoms with Crippen LogP contribution in [0.15, 0.2) is 108 Å². The van der Waals surface area contributed by atoms with Crippen LogP contribution >= 0.6 is 0 Å². The molecule has 6 rings (SSSR count). The van der Waals surface area contributed by atoms with Gasteiger partial charge < -0.3 is 19.5 Å². The number of amides is 1. The molecule has 1 aliphatic carbocycles. The first-order valence-electron chi connectivity index (χ1n) is 13.9. The van der Waals surface area contributed by atoms with E-state index in [4.69, 9.17) is 14.2 Å². The summed E-state index contributed by atoms with van der Waals surface area (Å²) in [7, 11) is 4.83. The van der Waals surface area contributed by atoms with Gasteiger partial charge in [-0.3, -0.25) is 14.5 Å². The van der Waals surface area contributed by atoms with Gasteiger partial charge in [-0.2, -0.15) is 0 Å². The van der Waals surface area contributed by atoms with Crippen molar-refractivity contribution in [2.45, 2.75) is 24.8 Å². The van der Waals surface area contributed by atoms with Crippen LogP contribution in [0.1, 0.15) is 46.3 Å². The SMILES string of the molecule is COc1ccc([C@@H]2C3=C(C[C@H](c4ccc(OC)c(OC)c4)CC3=O)Nc3ccccc3N2C(=O)c2ccccc2)cc1. The predicted octanol–water partition coefficient (Wildman–Crippen LogP) is 6.93. The van der Waals surface area contributed by atoms with Crippen LogP contribution in [0, 0.1) is 0 Å². The van der Waals surface area contributed by atoms with Crippen molar-refractivity contribution in [3.05, 3.63) is 125 Å². The number of carbonyl (C=O) groups is 2. The summed E-state index contributed by atoms with van der Waals surface area (Å²) >= 11 is 0. The summed E-state index contributed by atoms with van der Waals surface area (Å²) in [5.74, 6) is 1.68. The van der Waals surface area contributed by atoms with Crippen LogP contribution < -0.4 is 24.4 Å². The zero-order valence-electron chi connectivity index (χ0n) is 23.8. The highest BCUT2D eigenvalue weighted by Gasteiger charge is 2.42. The molecule has 0 bridgehead atoms. The van der Waals surface area contributed by atoms with Gasteiger partial charge in [0.1, 0.15) is 5.75 Å². The zero-order chi connectivity index (χ0) is 29.2. The van der Waals surface area contributed by atoms with E-state index in [1.807, 2.05) is 84.9 Å². The fraction of sp³-hybridized carbons (Fsp3) is 0.200. The second-order valence-electron chi connectivity index (χ2n) is 10.4. The van der Waals surface area contributed by atoms with Crippen molar-refractivity contribution in [3.8, 4) is 17.2 Å². The van der Waals surface area contributed by atoms with Crippen LogP contribution in [0.2, 0.25) is 0 Å². The summed E-state index contributed by atoms with van der Waals surface area (Å²) in [6.45, 7) is 0. The maximum Gasteiger partial charge on any atom is 0.259 e. The van der Waals surface area contributed by atoms with Crippen molar-refractivity contribution >= 4 is 23.1 Å². The molecular formula is C35H32N2O5. The van der Waals surface area contributed by atoms with Gasteiger partial charge in [-0.1, -0.05) is 48.5 Å². The average molecular weight is 561 g/mol. The Labute approximate surface area is 245 Å². The van der Waals surface area contributed by atoms with Crippen molar-refractivity contribution in [1.29, 1.82) is 0 Å². The molecule has 212 valence electrons. The van der Waals surface area contributed by atoms with Gasteiger partial charge in [0.05, 0.1) is 38.7 Å². The molecule has 42 heavy (non-hydrogen) atoms. The Bertz CT molecular complexity index is 1660. The minimum absolute atomic E-state index is 0.0111. The number of hydrogen-bond donors (Lipinski definition) is 1. The molecule has 1 N–H and O–H groups in total. The number of ether oxygens (including phenoxy) is 3. The highest BCUT2D eigenvalue weighted by molar-refractivity contribution is 6.12. The number of nitrogens with one attached hydrogen (secondary N) is 1. The molecule has 0 aromatic heterocycles. The molecule has 0 radical (unpaired) electrons. The molecule has 0 saturated heterocycles. The number of allylic oxidation sites excluding steroid dienone is 1. The first kappa shape index (κ1) is 27.1. The second-order valence-corrected chi connectivity index (χ2v) is 10.4. The quantitative estimate of drug-likeness (QED) is 0.276. The van der Waals surface area contributed by atoms with Crippen LogP contribution in [0.5, 0.6) is 17.2 Å². The summed E-state index contributed by atoms with van der Waals surface area (Å²) in [6.07, 6.45) is 0.886. The monoisotopic (exact) mass is 560 g/mol. The fourth-order valence-electron chi connectivity index (χ4n) is 5.98. The lowest BCUT2D eigenvalue weighted by atomic mass is 9.78. The van der Waals surface area contributed by atoms with E-state index in [1.54, 1.807) is 38.4 Å². The van der Waals surface area contributed by atoms with Gasteiger partial charge in [-0.25, -0.2) is 0 Å². The first-order valence-corrected chi connectivity index (χ1v) is 13.9. The van der Waals surface area contributed by atoms with Crippen molar-refractivity contribution in [3.63, 3.8) is 0 Å². The Morgan fingerprint density at radius 3 is 2.17 bits per heavy atom. The molecule has 0 saturated carbocycles. The lowest BCUT2D eigenvalue weighted by Gasteiger charge is -2.35. The molecule has 0 spiro atoms. The molecule has 2 aliphatic rings. The van der Waals surface area contributed by atoms with Crippen LogP contribution in [0.3, 0.4) is 0 Å². The van der Waals surface area contributed by atoms with Crippen molar-refractivity contribution in [2.75, 3.05) is 31.5 Å². The maximum absolute atomic E-state index is 14.3. The second kappa shape index (κ2) is 11.4. The van der Waals surface area contributed by atoms with Gasteiger partial charge in [0.25, 0.3) is 5.91 Å². The fourth-order valence-corrected chi connectivity index (χ4v) is 5.98. The number of methoxy groups -OCH3 is 3. The Morgan fingerprint density at radius 1 is 0.762 bits per heavy atom. The molecule has 0 fully saturated rings. The van der Waals surface area contributed by atoms with E-state index in [9.17, 15) is 9.59 Å². The Hall–Kier alpha value is -5.04. The number of carbonyl (C=O) groups excluding carboxylic acids is 2.